The number of carbonyl (C=O) groups is 1. The summed E-state index contributed by atoms with van der Waals surface area (Å²) in [5, 5.41) is 10.1. The molecule has 0 radical (unpaired) electrons. The molecule has 2 heteroatoms. The van der Waals surface area contributed by atoms with Crippen molar-refractivity contribution in [2.24, 2.45) is 16.7 Å². The Labute approximate surface area is 104 Å². The van der Waals surface area contributed by atoms with Crippen LogP contribution in [0.15, 0.2) is 11.1 Å². The summed E-state index contributed by atoms with van der Waals surface area (Å²) in [4.78, 5) is 11.4. The maximum absolute atomic E-state index is 11.4. The first-order valence-corrected chi connectivity index (χ1v) is 6.67. The molecule has 17 heavy (non-hydrogen) atoms. The molecule has 0 aliphatic heterocycles. The Hall–Kier alpha value is -0.630. The summed E-state index contributed by atoms with van der Waals surface area (Å²) in [7, 11) is 0. The van der Waals surface area contributed by atoms with E-state index in [1.165, 1.54) is 12.8 Å². The predicted octanol–water partition coefficient (Wildman–Crippen LogP) is 3.10. The van der Waals surface area contributed by atoms with Gasteiger partial charge in [0.2, 0.25) is 0 Å². The van der Waals surface area contributed by atoms with Gasteiger partial charge in [-0.25, -0.2) is 0 Å². The fraction of sp³-hybridized carbons (Fsp3) is 0.800. The van der Waals surface area contributed by atoms with E-state index in [4.69, 9.17) is 0 Å². The van der Waals surface area contributed by atoms with Gasteiger partial charge >= 0.3 is 0 Å². The number of hydrogen-bond acceptors (Lipinski definition) is 2. The van der Waals surface area contributed by atoms with Crippen LogP contribution in [-0.4, -0.2) is 17.5 Å². The second kappa shape index (κ2) is 3.94. The van der Waals surface area contributed by atoms with Gasteiger partial charge in [0.25, 0.3) is 0 Å². The van der Waals surface area contributed by atoms with Crippen molar-refractivity contribution in [1.29, 1.82) is 0 Å². The average Bonchev–Trinajstić information content (AvgIpc) is 2.22. The van der Waals surface area contributed by atoms with E-state index in [2.05, 4.69) is 20.8 Å². The Morgan fingerprint density at radius 1 is 1.29 bits per heavy atom. The van der Waals surface area contributed by atoms with Crippen LogP contribution in [0.3, 0.4) is 0 Å². The van der Waals surface area contributed by atoms with Crippen LogP contribution in [0.25, 0.3) is 0 Å². The topological polar surface area (TPSA) is 37.3 Å². The Bertz CT molecular complexity index is 367. The minimum Gasteiger partial charge on any atom is -0.389 e. The maximum Gasteiger partial charge on any atom is 0.146 e. The van der Waals surface area contributed by atoms with Gasteiger partial charge in [0.05, 0.1) is 6.10 Å². The average molecular weight is 236 g/mol. The number of aldehydes is 1. The summed E-state index contributed by atoms with van der Waals surface area (Å²) in [5.41, 5.74) is 1.97. The molecule has 3 atom stereocenters. The van der Waals surface area contributed by atoms with Gasteiger partial charge < -0.3 is 5.11 Å². The number of aliphatic hydroxyl groups excluding tert-OH is 1. The van der Waals surface area contributed by atoms with Crippen LogP contribution in [0, 0.1) is 16.7 Å². The van der Waals surface area contributed by atoms with E-state index in [9.17, 15) is 9.90 Å². The van der Waals surface area contributed by atoms with E-state index in [1.807, 2.05) is 6.92 Å². The molecule has 0 bridgehead atoms. The number of rotatable bonds is 1. The molecule has 0 heterocycles. The first-order valence-electron chi connectivity index (χ1n) is 6.67. The fourth-order valence-electron chi connectivity index (χ4n) is 4.28. The Morgan fingerprint density at radius 3 is 2.53 bits per heavy atom. The zero-order valence-corrected chi connectivity index (χ0v) is 11.4. The minimum absolute atomic E-state index is 0.0210. The lowest BCUT2D eigenvalue weighted by molar-refractivity contribution is -0.108. The van der Waals surface area contributed by atoms with Crippen LogP contribution in [0.2, 0.25) is 0 Å². The van der Waals surface area contributed by atoms with Crippen molar-refractivity contribution in [2.45, 2.75) is 59.5 Å². The van der Waals surface area contributed by atoms with Crippen LogP contribution in [-0.2, 0) is 4.79 Å². The molecule has 2 nitrogen and oxygen atoms in total. The van der Waals surface area contributed by atoms with E-state index in [-0.39, 0.29) is 10.8 Å². The van der Waals surface area contributed by atoms with Gasteiger partial charge in [0.1, 0.15) is 6.29 Å². The third kappa shape index (κ3) is 1.77. The normalized spacial score (nSPS) is 41.0. The number of hydrogen-bond donors (Lipinski definition) is 1. The van der Waals surface area contributed by atoms with Crippen LogP contribution in [0.1, 0.15) is 53.4 Å². The van der Waals surface area contributed by atoms with Crippen molar-refractivity contribution in [2.75, 3.05) is 0 Å². The molecule has 0 spiro atoms. The van der Waals surface area contributed by atoms with Crippen molar-refractivity contribution >= 4 is 6.29 Å². The summed E-state index contributed by atoms with van der Waals surface area (Å²) in [6, 6.07) is 0. The fourth-order valence-corrected chi connectivity index (χ4v) is 4.28. The highest BCUT2D eigenvalue weighted by Crippen LogP contribution is 2.58. The molecule has 0 aromatic rings. The SMILES string of the molecule is CC1=C(C=O)[C@@]2(C)CCCC(C)(C)[C@@H]2C[C@@H]1O. The lowest BCUT2D eigenvalue weighted by Gasteiger charge is -2.54. The van der Waals surface area contributed by atoms with Gasteiger partial charge in [-0.3, -0.25) is 4.79 Å². The number of allylic oxidation sites excluding steroid dienone is 1. The summed E-state index contributed by atoms with van der Waals surface area (Å²) < 4.78 is 0. The Morgan fingerprint density at radius 2 is 1.94 bits per heavy atom. The van der Waals surface area contributed by atoms with Crippen molar-refractivity contribution in [1.82, 2.24) is 0 Å². The Balaban J connectivity index is 2.52. The van der Waals surface area contributed by atoms with Gasteiger partial charge in [0.15, 0.2) is 0 Å². The van der Waals surface area contributed by atoms with Crippen molar-refractivity contribution in [3.63, 3.8) is 0 Å². The third-order valence-electron chi connectivity index (χ3n) is 5.35. The monoisotopic (exact) mass is 236 g/mol. The second-order valence-electron chi connectivity index (χ2n) is 6.78. The van der Waals surface area contributed by atoms with Crippen molar-refractivity contribution in [3.8, 4) is 0 Å². The molecule has 2 aliphatic carbocycles. The molecular weight excluding hydrogens is 212 g/mol. The molecule has 1 fully saturated rings. The highest BCUT2D eigenvalue weighted by Gasteiger charge is 2.51. The van der Waals surface area contributed by atoms with E-state index in [1.54, 1.807) is 0 Å². The third-order valence-corrected chi connectivity index (χ3v) is 5.35. The van der Waals surface area contributed by atoms with Crippen molar-refractivity contribution in [3.05, 3.63) is 11.1 Å². The van der Waals surface area contributed by atoms with Crippen molar-refractivity contribution < 1.29 is 9.90 Å². The quantitative estimate of drug-likeness (QED) is 0.710. The number of carbonyl (C=O) groups excluding carboxylic acids is 1. The zero-order valence-electron chi connectivity index (χ0n) is 11.4. The zero-order chi connectivity index (χ0) is 12.8. The standard InChI is InChI=1S/C15H24O2/c1-10-11(9-16)15(4)7-5-6-14(2,3)13(15)8-12(10)17/h9,12-13,17H,5-8H2,1-4H3/t12-,13-,15+/m0/s1. The lowest BCUT2D eigenvalue weighted by Crippen LogP contribution is -2.48. The maximum atomic E-state index is 11.4. The van der Waals surface area contributed by atoms with Crippen LogP contribution >= 0.6 is 0 Å². The number of aliphatic hydroxyl groups is 1. The van der Waals surface area contributed by atoms with E-state index < -0.39 is 6.10 Å². The predicted molar refractivity (Wildman–Crippen MR) is 68.6 cm³/mol. The highest BCUT2D eigenvalue weighted by molar-refractivity contribution is 5.77. The Kier molecular flexibility index (Phi) is 2.97. The number of fused-ring (bicyclic) bond motifs is 1. The molecule has 2 aliphatic rings. The molecule has 0 aromatic carbocycles. The molecule has 1 N–H and O–H groups in total. The molecule has 96 valence electrons. The summed E-state index contributed by atoms with van der Waals surface area (Å²) in [6.07, 6.45) is 4.84. The molecule has 0 aromatic heterocycles. The summed E-state index contributed by atoms with van der Waals surface area (Å²) >= 11 is 0. The van der Waals surface area contributed by atoms with Crippen LogP contribution in [0.4, 0.5) is 0 Å². The van der Waals surface area contributed by atoms with Gasteiger partial charge in [-0.1, -0.05) is 27.2 Å². The van der Waals surface area contributed by atoms with Gasteiger partial charge in [-0.2, -0.15) is 0 Å². The molecule has 0 amide bonds. The van der Waals surface area contributed by atoms with E-state index in [0.717, 1.165) is 30.3 Å². The molecular formula is C15H24O2. The van der Waals surface area contributed by atoms with Crippen LogP contribution < -0.4 is 0 Å². The minimum atomic E-state index is -0.425. The van der Waals surface area contributed by atoms with E-state index in [0.29, 0.717) is 5.92 Å². The second-order valence-corrected chi connectivity index (χ2v) is 6.78. The van der Waals surface area contributed by atoms with Gasteiger partial charge in [0, 0.05) is 0 Å². The smallest absolute Gasteiger partial charge is 0.146 e. The molecule has 1 saturated carbocycles. The first kappa shape index (κ1) is 12.8. The van der Waals surface area contributed by atoms with Gasteiger partial charge in [-0.15, -0.1) is 0 Å². The van der Waals surface area contributed by atoms with Crippen LogP contribution in [0.5, 0.6) is 0 Å². The molecule has 0 saturated heterocycles. The first-order chi connectivity index (χ1) is 7.83. The van der Waals surface area contributed by atoms with Gasteiger partial charge in [-0.05, 0) is 54.1 Å². The highest BCUT2D eigenvalue weighted by atomic mass is 16.3. The summed E-state index contributed by atoms with van der Waals surface area (Å²) in [6.45, 7) is 8.70. The largest absolute Gasteiger partial charge is 0.389 e. The molecule has 2 rings (SSSR count). The summed E-state index contributed by atoms with van der Waals surface area (Å²) in [5.74, 6) is 0.419. The molecule has 0 unspecified atom stereocenters. The van der Waals surface area contributed by atoms with E-state index >= 15 is 0 Å². The lowest BCUT2D eigenvalue weighted by atomic mass is 9.50.